The maximum Gasteiger partial charge on any atom is 0.338 e. The highest BCUT2D eigenvalue weighted by atomic mass is 16.5. The van der Waals surface area contributed by atoms with Gasteiger partial charge < -0.3 is 19.1 Å². The summed E-state index contributed by atoms with van der Waals surface area (Å²) in [5.74, 6) is 1.37. The number of rotatable bonds is 39. The van der Waals surface area contributed by atoms with Crippen LogP contribution in [0, 0.1) is 0 Å². The van der Waals surface area contributed by atoms with E-state index < -0.39 is 0 Å². The summed E-state index contributed by atoms with van der Waals surface area (Å²) in [7, 11) is 0. The highest BCUT2D eigenvalue weighted by Crippen LogP contribution is 2.56. The number of unbranched alkanes of at least 4 members (excludes halogenated alkanes) is 30. The van der Waals surface area contributed by atoms with Crippen LogP contribution < -0.4 is 24.8 Å². The zero-order chi connectivity index (χ0) is 63.4. The molecule has 0 spiro atoms. The molecular formula is C84H111N2O5+. The average molecular weight is 1230 g/mol. The first-order chi connectivity index (χ1) is 44.5. The van der Waals surface area contributed by atoms with Crippen molar-refractivity contribution in [2.24, 2.45) is 0 Å². The number of hydrogen-bond donors (Lipinski definition) is 0. The maximum absolute atomic E-state index is 13.5. The lowest BCUT2D eigenvalue weighted by atomic mass is 9.80. The van der Waals surface area contributed by atoms with Crippen molar-refractivity contribution in [3.63, 3.8) is 0 Å². The molecule has 486 valence electrons. The van der Waals surface area contributed by atoms with Gasteiger partial charge in [-0.2, -0.15) is 0 Å². The lowest BCUT2D eigenvalue weighted by Gasteiger charge is -2.28. The minimum atomic E-state index is -0.305. The van der Waals surface area contributed by atoms with Gasteiger partial charge in [0.15, 0.2) is 13.1 Å². The molecule has 0 aliphatic carbocycles. The predicted octanol–water partition coefficient (Wildman–Crippen LogP) is 22.3. The summed E-state index contributed by atoms with van der Waals surface area (Å²) in [4.78, 5) is 29.2. The van der Waals surface area contributed by atoms with Crippen LogP contribution in [-0.2, 0) is 26.8 Å². The van der Waals surface area contributed by atoms with Gasteiger partial charge in [0.2, 0.25) is 5.36 Å². The van der Waals surface area contributed by atoms with Crippen LogP contribution >= 0.6 is 0 Å². The number of carbonyl (C=O) groups is 2. The third-order valence-electron chi connectivity index (χ3n) is 20.3. The standard InChI is InChI=1S/C84H111N2O5/c1-7-9-11-13-15-17-19-21-23-25-27-29-31-33-35-41-55-89-81(87)64-49-47-63(48-50-64)60-85-61-83(3,4)75-77(85)70-46-40-39-45-69(70)73-59-74-71-57-66-43-37-38-44-67(66)58-72(71)78-76(80(74)91-79(73)75)84(5,6)62-86(78)68-53-51-65(52-54-68)82(88)90-56-42-36-34-32-30-28-26-24-22-20-18-16-14-12-10-8-2/h37-40,43-54,57-59H,7-36,41-42,55-56,60-62H2,1-6H3/q+1. The van der Waals surface area contributed by atoms with Crippen molar-refractivity contribution in [2.45, 2.75) is 264 Å². The molecule has 0 N–H and O–H groups in total. The van der Waals surface area contributed by atoms with E-state index >= 15 is 0 Å². The average Bonchev–Trinajstić information content (AvgIpc) is 1.63. The largest absolute Gasteiger partial charge is 0.462 e. The second-order valence-electron chi connectivity index (χ2n) is 28.8. The van der Waals surface area contributed by atoms with Crippen molar-refractivity contribution in [3.05, 3.63) is 153 Å². The third-order valence-corrected chi connectivity index (χ3v) is 20.3. The SMILES string of the molecule is CCCCCCCCCCCCCCCCCCOC(=O)c1ccc(C[N+]2=c3c(c4c(c5ccccc35)=Cc3c(c5c(c6cc7ccccc7cc36)N(c3ccc(C(=O)OCCCCCCCCCCCCCCCCCC)cc3)CC5(C)C)O4)C(C)(C)C2)cc1. The number of benzene rings is 7. The Morgan fingerprint density at radius 2 is 0.890 bits per heavy atom. The van der Waals surface area contributed by atoms with Gasteiger partial charge in [0.1, 0.15) is 11.5 Å². The Kier molecular flexibility index (Phi) is 24.7. The van der Waals surface area contributed by atoms with Gasteiger partial charge >= 0.3 is 11.9 Å². The first kappa shape index (κ1) is 67.4. The van der Waals surface area contributed by atoms with Gasteiger partial charge in [-0.25, -0.2) is 14.2 Å². The predicted molar refractivity (Wildman–Crippen MR) is 384 cm³/mol. The molecule has 0 amide bonds. The molecule has 0 atom stereocenters. The molecule has 0 saturated heterocycles. The normalized spacial score (nSPS) is 14.4. The zero-order valence-corrected chi connectivity index (χ0v) is 57.1. The Bertz CT molecular complexity index is 3650. The molecule has 7 aromatic carbocycles. The summed E-state index contributed by atoms with van der Waals surface area (Å²) >= 11 is 0. The Morgan fingerprint density at radius 3 is 1.37 bits per heavy atom. The van der Waals surface area contributed by atoms with E-state index in [1.54, 1.807) is 0 Å². The summed E-state index contributed by atoms with van der Waals surface area (Å²) in [6.45, 7) is 17.2. The molecule has 0 fully saturated rings. The molecule has 7 nitrogen and oxygen atoms in total. The second kappa shape index (κ2) is 33.4. The van der Waals surface area contributed by atoms with Crippen molar-refractivity contribution in [3.8, 4) is 11.5 Å². The molecule has 91 heavy (non-hydrogen) atoms. The van der Waals surface area contributed by atoms with E-state index in [0.717, 1.165) is 83.4 Å². The topological polar surface area (TPSA) is 68.1 Å². The molecule has 3 heterocycles. The Hall–Kier alpha value is -6.47. The summed E-state index contributed by atoms with van der Waals surface area (Å²) < 4.78 is 21.9. The molecule has 0 bridgehead atoms. The van der Waals surface area contributed by atoms with Crippen molar-refractivity contribution >= 4 is 61.7 Å². The molecule has 0 aromatic heterocycles. The second-order valence-corrected chi connectivity index (χ2v) is 28.8. The molecule has 3 aliphatic rings. The number of nitrogens with zero attached hydrogens (tertiary/aromatic N) is 2. The molecule has 7 heteroatoms. The molecule has 3 aliphatic heterocycles. The summed E-state index contributed by atoms with van der Waals surface area (Å²) in [5, 5.41) is 9.46. The molecule has 7 aromatic rings. The number of fused-ring (bicyclic) bond motifs is 13. The lowest BCUT2D eigenvalue weighted by molar-refractivity contribution is 0.0488. The first-order valence-electron chi connectivity index (χ1n) is 36.7. The number of ether oxygens (including phenoxy) is 3. The quantitative estimate of drug-likeness (QED) is 0.0166. The summed E-state index contributed by atoms with van der Waals surface area (Å²) in [5.41, 5.74) is 7.52. The number of hydrogen-bond acceptors (Lipinski definition) is 6. The van der Waals surface area contributed by atoms with Crippen LogP contribution in [0.1, 0.15) is 290 Å². The summed E-state index contributed by atoms with van der Waals surface area (Å²) in [6, 6.07) is 38.5. The van der Waals surface area contributed by atoms with E-state index in [1.165, 1.54) is 223 Å². The Balaban J connectivity index is 0.794. The van der Waals surface area contributed by atoms with E-state index in [0.29, 0.717) is 30.9 Å². The van der Waals surface area contributed by atoms with Gasteiger partial charge in [0, 0.05) is 44.9 Å². The molecule has 0 saturated carbocycles. The minimum Gasteiger partial charge on any atom is -0.462 e. The van der Waals surface area contributed by atoms with Crippen LogP contribution in [0.2, 0.25) is 0 Å². The Morgan fingerprint density at radius 1 is 0.462 bits per heavy atom. The first-order valence-corrected chi connectivity index (χ1v) is 36.7. The van der Waals surface area contributed by atoms with Crippen LogP contribution in [0.25, 0.3) is 38.4 Å². The fourth-order valence-electron chi connectivity index (χ4n) is 15.3. The van der Waals surface area contributed by atoms with Gasteiger partial charge in [-0.15, -0.1) is 0 Å². The number of anilines is 2. The van der Waals surface area contributed by atoms with Gasteiger partial charge in [0.25, 0.3) is 0 Å². The van der Waals surface area contributed by atoms with Gasteiger partial charge in [0.05, 0.1) is 46.4 Å². The van der Waals surface area contributed by atoms with Crippen LogP contribution in [-0.4, -0.2) is 38.2 Å². The molecule has 0 radical (unpaired) electrons. The van der Waals surface area contributed by atoms with Crippen LogP contribution in [0.3, 0.4) is 0 Å². The van der Waals surface area contributed by atoms with Crippen LogP contribution in [0.4, 0.5) is 11.4 Å². The number of esters is 2. The zero-order valence-electron chi connectivity index (χ0n) is 57.1. The minimum absolute atomic E-state index is 0.240. The van der Waals surface area contributed by atoms with E-state index in [9.17, 15) is 9.59 Å². The highest BCUT2D eigenvalue weighted by Gasteiger charge is 2.46. The monoisotopic (exact) mass is 1230 g/mol. The van der Waals surface area contributed by atoms with Crippen molar-refractivity contribution < 1.29 is 23.8 Å². The molecule has 0 unspecified atom stereocenters. The third kappa shape index (κ3) is 17.2. The van der Waals surface area contributed by atoms with E-state index in [1.807, 2.05) is 24.3 Å². The highest BCUT2D eigenvalue weighted by molar-refractivity contribution is 6.12. The van der Waals surface area contributed by atoms with E-state index in [2.05, 4.69) is 142 Å². The molecular weight excluding hydrogens is 1120 g/mol. The fraction of sp³-hybridized carbons (Fsp3) is 0.536. The van der Waals surface area contributed by atoms with Gasteiger partial charge in [-0.3, -0.25) is 0 Å². The van der Waals surface area contributed by atoms with E-state index in [4.69, 9.17) is 14.2 Å². The smallest absolute Gasteiger partial charge is 0.338 e. The molecule has 10 rings (SSSR count). The van der Waals surface area contributed by atoms with Crippen LogP contribution in [0.5, 0.6) is 11.5 Å². The maximum atomic E-state index is 13.5. The van der Waals surface area contributed by atoms with Gasteiger partial charge in [-0.1, -0.05) is 275 Å². The van der Waals surface area contributed by atoms with Gasteiger partial charge in [-0.05, 0) is 109 Å². The van der Waals surface area contributed by atoms with Crippen molar-refractivity contribution in [1.82, 2.24) is 4.58 Å². The summed E-state index contributed by atoms with van der Waals surface area (Å²) in [6.07, 6.45) is 44.6. The lowest BCUT2D eigenvalue weighted by Crippen LogP contribution is -2.30. The van der Waals surface area contributed by atoms with Crippen molar-refractivity contribution in [2.75, 3.05) is 31.2 Å². The van der Waals surface area contributed by atoms with Crippen LogP contribution in [0.15, 0.2) is 109 Å². The van der Waals surface area contributed by atoms with Crippen molar-refractivity contribution in [1.29, 1.82) is 0 Å². The van der Waals surface area contributed by atoms with E-state index in [-0.39, 0.29) is 22.8 Å². The fourth-order valence-corrected chi connectivity index (χ4v) is 15.3. The number of carbonyl (C=O) groups excluding carboxylic acids is 2. The Labute approximate surface area is 547 Å².